The second kappa shape index (κ2) is 5.17. The molecule has 106 valence electrons. The fraction of sp³-hybridized carbons (Fsp3) is 0.400. The molecule has 1 aromatic carbocycles. The zero-order valence-electron chi connectivity index (χ0n) is 11.7. The molecule has 20 heavy (non-hydrogen) atoms. The van der Waals surface area contributed by atoms with E-state index < -0.39 is 0 Å². The molecule has 0 aromatic heterocycles. The molecule has 0 bridgehead atoms. The summed E-state index contributed by atoms with van der Waals surface area (Å²) in [7, 11) is 1.79. The van der Waals surface area contributed by atoms with Gasteiger partial charge in [-0.15, -0.1) is 0 Å². The first-order chi connectivity index (χ1) is 9.69. The summed E-state index contributed by atoms with van der Waals surface area (Å²) in [5, 5.41) is 1.91. The maximum Gasteiger partial charge on any atom is 0.250 e. The number of fused-ring (bicyclic) bond motifs is 1. The summed E-state index contributed by atoms with van der Waals surface area (Å²) in [6.45, 7) is 2.64. The Morgan fingerprint density at radius 2 is 2.05 bits per heavy atom. The van der Waals surface area contributed by atoms with E-state index in [1.165, 1.54) is 5.56 Å². The van der Waals surface area contributed by atoms with Gasteiger partial charge in [-0.3, -0.25) is 4.79 Å². The van der Waals surface area contributed by atoms with E-state index in [-0.39, 0.29) is 18.0 Å². The lowest BCUT2D eigenvalue weighted by Crippen LogP contribution is -2.46. The van der Waals surface area contributed by atoms with Crippen LogP contribution in [-0.2, 0) is 4.79 Å². The van der Waals surface area contributed by atoms with E-state index in [1.54, 1.807) is 18.1 Å². The largest absolute Gasteiger partial charge is 0.494 e. The van der Waals surface area contributed by atoms with Crippen molar-refractivity contribution in [2.24, 2.45) is 0 Å². The van der Waals surface area contributed by atoms with E-state index in [1.807, 2.05) is 30.3 Å². The van der Waals surface area contributed by atoms with Gasteiger partial charge in [-0.25, -0.2) is 5.43 Å². The second-order valence-electron chi connectivity index (χ2n) is 5.09. The molecule has 1 amide bonds. The van der Waals surface area contributed by atoms with Crippen LogP contribution >= 0.6 is 0 Å². The van der Waals surface area contributed by atoms with Gasteiger partial charge >= 0.3 is 0 Å². The van der Waals surface area contributed by atoms with Gasteiger partial charge < -0.3 is 14.6 Å². The summed E-state index contributed by atoms with van der Waals surface area (Å²) in [5.41, 5.74) is 4.54. The molecule has 2 aliphatic rings. The molecule has 0 spiro atoms. The van der Waals surface area contributed by atoms with Crippen LogP contribution in [-0.4, -0.2) is 35.5 Å². The molecule has 2 atom stereocenters. The monoisotopic (exact) mass is 273 g/mol. The van der Waals surface area contributed by atoms with Crippen molar-refractivity contribution in [1.82, 2.24) is 15.3 Å². The molecule has 2 unspecified atom stereocenters. The summed E-state index contributed by atoms with van der Waals surface area (Å²) in [6.07, 6.45) is 4.48. The number of hydrogen-bond donors (Lipinski definition) is 1. The average Bonchev–Trinajstić information content (AvgIpc) is 2.89. The van der Waals surface area contributed by atoms with E-state index in [2.05, 4.69) is 17.6 Å². The van der Waals surface area contributed by atoms with Crippen LogP contribution in [0.1, 0.15) is 24.9 Å². The topological polar surface area (TPSA) is 44.8 Å². The molecule has 5 nitrogen and oxygen atoms in total. The smallest absolute Gasteiger partial charge is 0.250 e. The van der Waals surface area contributed by atoms with Crippen LogP contribution in [0.15, 0.2) is 36.7 Å². The van der Waals surface area contributed by atoms with Crippen molar-refractivity contribution >= 4 is 5.91 Å². The Morgan fingerprint density at radius 3 is 2.75 bits per heavy atom. The Labute approximate surface area is 118 Å². The molecule has 0 radical (unpaired) electrons. The molecule has 2 heterocycles. The highest BCUT2D eigenvalue weighted by Crippen LogP contribution is 2.31. The van der Waals surface area contributed by atoms with Crippen LogP contribution in [0.5, 0.6) is 5.75 Å². The number of ether oxygens (including phenoxy) is 1. The molecule has 2 aliphatic heterocycles. The van der Waals surface area contributed by atoms with Crippen molar-refractivity contribution in [3.05, 3.63) is 42.2 Å². The van der Waals surface area contributed by atoms with Crippen LogP contribution in [0, 0.1) is 0 Å². The van der Waals surface area contributed by atoms with Gasteiger partial charge in [0.25, 0.3) is 5.91 Å². The van der Waals surface area contributed by atoms with Gasteiger partial charge in [0.1, 0.15) is 11.8 Å². The van der Waals surface area contributed by atoms with Crippen molar-refractivity contribution < 1.29 is 9.53 Å². The Morgan fingerprint density at radius 1 is 1.30 bits per heavy atom. The number of carbonyl (C=O) groups is 1. The van der Waals surface area contributed by atoms with Crippen LogP contribution in [0.2, 0.25) is 0 Å². The van der Waals surface area contributed by atoms with Gasteiger partial charge in [0.2, 0.25) is 0 Å². The summed E-state index contributed by atoms with van der Waals surface area (Å²) in [4.78, 5) is 13.7. The lowest BCUT2D eigenvalue weighted by Gasteiger charge is -2.29. The van der Waals surface area contributed by atoms with Gasteiger partial charge in [-0.05, 0) is 31.0 Å². The summed E-state index contributed by atoms with van der Waals surface area (Å²) in [6, 6.07) is 8.11. The molecule has 0 saturated carbocycles. The summed E-state index contributed by atoms with van der Waals surface area (Å²) < 4.78 is 5.45. The minimum Gasteiger partial charge on any atom is -0.494 e. The Balaban J connectivity index is 1.74. The van der Waals surface area contributed by atoms with E-state index in [9.17, 15) is 4.79 Å². The van der Waals surface area contributed by atoms with Crippen molar-refractivity contribution in [3.8, 4) is 5.75 Å². The third kappa shape index (κ3) is 2.25. The van der Waals surface area contributed by atoms with Gasteiger partial charge in [-0.2, -0.15) is 0 Å². The fourth-order valence-electron chi connectivity index (χ4n) is 2.68. The standard InChI is InChI=1S/C15H19N3O2/c1-3-20-12-6-4-11(5-7-12)13-10-14-15(19)17(2)8-9-18(14)16-13/h4-9,13-14,16H,3,10H2,1-2H3. The zero-order valence-corrected chi connectivity index (χ0v) is 11.7. The fourth-order valence-corrected chi connectivity index (χ4v) is 2.68. The van der Waals surface area contributed by atoms with E-state index in [0.29, 0.717) is 6.61 Å². The highest BCUT2D eigenvalue weighted by atomic mass is 16.5. The van der Waals surface area contributed by atoms with E-state index in [0.717, 1.165) is 12.2 Å². The first kappa shape index (κ1) is 13.0. The van der Waals surface area contributed by atoms with E-state index >= 15 is 0 Å². The lowest BCUT2D eigenvalue weighted by atomic mass is 10.0. The minimum atomic E-state index is -0.110. The molecule has 1 fully saturated rings. The number of nitrogens with one attached hydrogen (secondary N) is 1. The molecule has 3 rings (SSSR count). The molecule has 0 aliphatic carbocycles. The second-order valence-corrected chi connectivity index (χ2v) is 5.09. The van der Waals surface area contributed by atoms with Gasteiger partial charge in [0.05, 0.1) is 12.6 Å². The normalized spacial score (nSPS) is 25.0. The number of nitrogens with zero attached hydrogens (tertiary/aromatic N) is 2. The first-order valence-corrected chi connectivity index (χ1v) is 6.91. The SMILES string of the molecule is CCOc1ccc(C2CC3C(=O)N(C)C=CN3N2)cc1. The number of carbonyl (C=O) groups excluding carboxylic acids is 1. The first-order valence-electron chi connectivity index (χ1n) is 6.91. The van der Waals surface area contributed by atoms with Crippen molar-refractivity contribution in [1.29, 1.82) is 0 Å². The Kier molecular flexibility index (Phi) is 3.36. The quantitative estimate of drug-likeness (QED) is 0.909. The van der Waals surface area contributed by atoms with Gasteiger partial charge in [-0.1, -0.05) is 12.1 Å². The number of amides is 1. The third-order valence-corrected chi connectivity index (χ3v) is 3.78. The van der Waals surface area contributed by atoms with Gasteiger partial charge in [0, 0.05) is 19.4 Å². The predicted octanol–water partition coefficient (Wildman–Crippen LogP) is 1.65. The van der Waals surface area contributed by atoms with Crippen molar-refractivity contribution in [2.75, 3.05) is 13.7 Å². The highest BCUT2D eigenvalue weighted by molar-refractivity contribution is 5.84. The van der Waals surface area contributed by atoms with Crippen molar-refractivity contribution in [2.45, 2.75) is 25.4 Å². The number of likely N-dealkylation sites (N-methyl/N-ethyl adjacent to an activating group) is 1. The highest BCUT2D eigenvalue weighted by Gasteiger charge is 2.38. The third-order valence-electron chi connectivity index (χ3n) is 3.78. The Hall–Kier alpha value is -2.01. The average molecular weight is 273 g/mol. The molecule has 1 aromatic rings. The van der Waals surface area contributed by atoms with Gasteiger partial charge in [0.15, 0.2) is 0 Å². The van der Waals surface area contributed by atoms with Crippen LogP contribution in [0.4, 0.5) is 0 Å². The number of hydrazine groups is 1. The summed E-state index contributed by atoms with van der Waals surface area (Å²) in [5.74, 6) is 1.01. The minimum absolute atomic E-state index is 0.110. The molecule has 1 saturated heterocycles. The molecule has 5 heteroatoms. The lowest BCUT2D eigenvalue weighted by molar-refractivity contribution is -0.133. The molecule has 1 N–H and O–H groups in total. The predicted molar refractivity (Wildman–Crippen MR) is 75.6 cm³/mol. The van der Waals surface area contributed by atoms with E-state index in [4.69, 9.17) is 4.74 Å². The van der Waals surface area contributed by atoms with Crippen LogP contribution < -0.4 is 10.2 Å². The van der Waals surface area contributed by atoms with Crippen molar-refractivity contribution in [3.63, 3.8) is 0 Å². The van der Waals surface area contributed by atoms with Crippen LogP contribution in [0.3, 0.4) is 0 Å². The zero-order chi connectivity index (χ0) is 14.1. The van der Waals surface area contributed by atoms with Crippen LogP contribution in [0.25, 0.3) is 0 Å². The number of rotatable bonds is 3. The maximum absolute atomic E-state index is 12.1. The maximum atomic E-state index is 12.1. The molecular formula is C15H19N3O2. The number of hydrogen-bond acceptors (Lipinski definition) is 4. The summed E-state index contributed by atoms with van der Waals surface area (Å²) >= 11 is 0. The Bertz CT molecular complexity index is 526. The number of benzene rings is 1. The molecular weight excluding hydrogens is 254 g/mol.